The number of hydrogen-bond donors (Lipinski definition) is 1. The molecular weight excluding hydrogens is 326 g/mol. The molecule has 0 aliphatic carbocycles. The van der Waals surface area contributed by atoms with Gasteiger partial charge in [-0.25, -0.2) is 9.67 Å². The first-order valence-electron chi connectivity index (χ1n) is 7.79. The van der Waals surface area contributed by atoms with Crippen LogP contribution in [0.4, 0.5) is 0 Å². The summed E-state index contributed by atoms with van der Waals surface area (Å²) < 4.78 is 7.31. The third-order valence-electron chi connectivity index (χ3n) is 3.31. The van der Waals surface area contributed by atoms with Crippen LogP contribution in [0.25, 0.3) is 12.2 Å². The normalized spacial score (nSPS) is 11.6. The predicted octanol–water partition coefficient (Wildman–Crippen LogP) is 2.96. The van der Waals surface area contributed by atoms with Gasteiger partial charge in [0.25, 0.3) is 0 Å². The third kappa shape index (κ3) is 4.31. The summed E-state index contributed by atoms with van der Waals surface area (Å²) in [6.07, 6.45) is 5.86. The fraction of sp³-hybridized carbons (Fsp3) is 0.400. The average Bonchev–Trinajstić information content (AvgIpc) is 3.30. The van der Waals surface area contributed by atoms with Crippen LogP contribution in [-0.4, -0.2) is 35.4 Å². The zero-order chi connectivity index (χ0) is 16.8. The van der Waals surface area contributed by atoms with E-state index in [1.54, 1.807) is 0 Å². The summed E-state index contributed by atoms with van der Waals surface area (Å²) in [4.78, 5) is 4.41. The van der Waals surface area contributed by atoms with Crippen molar-refractivity contribution in [2.45, 2.75) is 44.1 Å². The predicted molar refractivity (Wildman–Crippen MR) is 91.0 cm³/mol. The molecule has 0 aromatic carbocycles. The molecular formula is C15H19N7OS. The van der Waals surface area contributed by atoms with Gasteiger partial charge in [0, 0.05) is 6.54 Å². The first kappa shape index (κ1) is 16.4. The molecule has 3 aromatic rings. The summed E-state index contributed by atoms with van der Waals surface area (Å²) in [7, 11) is 0. The van der Waals surface area contributed by atoms with Crippen molar-refractivity contribution < 1.29 is 4.42 Å². The summed E-state index contributed by atoms with van der Waals surface area (Å²) in [5, 5.41) is 19.6. The summed E-state index contributed by atoms with van der Waals surface area (Å²) in [6.45, 7) is 4.89. The quantitative estimate of drug-likeness (QED) is 0.627. The van der Waals surface area contributed by atoms with E-state index in [0.717, 1.165) is 36.7 Å². The Balaban J connectivity index is 1.56. The van der Waals surface area contributed by atoms with Gasteiger partial charge in [-0.15, -0.1) is 10.2 Å². The minimum atomic E-state index is 0.634. The molecule has 0 saturated heterocycles. The van der Waals surface area contributed by atoms with Crippen molar-refractivity contribution in [1.82, 2.24) is 35.4 Å². The number of aromatic amines is 1. The maximum absolute atomic E-state index is 5.47. The van der Waals surface area contributed by atoms with Crippen molar-refractivity contribution in [2.24, 2.45) is 0 Å². The molecule has 0 spiro atoms. The summed E-state index contributed by atoms with van der Waals surface area (Å²) in [5.74, 6) is 3.81. The Morgan fingerprint density at radius 3 is 3.04 bits per heavy atom. The van der Waals surface area contributed by atoms with Crippen molar-refractivity contribution >= 4 is 23.9 Å². The van der Waals surface area contributed by atoms with E-state index in [0.29, 0.717) is 16.7 Å². The zero-order valence-electron chi connectivity index (χ0n) is 13.6. The lowest BCUT2D eigenvalue weighted by Crippen LogP contribution is -2.05. The van der Waals surface area contributed by atoms with Crippen molar-refractivity contribution in [2.75, 3.05) is 0 Å². The highest BCUT2D eigenvalue weighted by atomic mass is 32.2. The van der Waals surface area contributed by atoms with E-state index in [4.69, 9.17) is 4.42 Å². The van der Waals surface area contributed by atoms with Crippen LogP contribution in [0.1, 0.15) is 42.9 Å². The highest BCUT2D eigenvalue weighted by Gasteiger charge is 2.09. The van der Waals surface area contributed by atoms with Gasteiger partial charge < -0.3 is 4.42 Å². The molecule has 8 nitrogen and oxygen atoms in total. The number of aryl methyl sites for hydroxylation is 2. The fourth-order valence-electron chi connectivity index (χ4n) is 2.04. The molecule has 0 aliphatic rings. The van der Waals surface area contributed by atoms with Crippen LogP contribution < -0.4 is 0 Å². The molecule has 0 unspecified atom stereocenters. The first-order valence-corrected chi connectivity index (χ1v) is 8.78. The van der Waals surface area contributed by atoms with Crippen LogP contribution in [-0.2, 0) is 12.3 Å². The largest absolute Gasteiger partial charge is 0.462 e. The van der Waals surface area contributed by atoms with E-state index in [1.165, 1.54) is 11.8 Å². The molecule has 0 fully saturated rings. The van der Waals surface area contributed by atoms with Gasteiger partial charge in [0.1, 0.15) is 17.3 Å². The Hall–Kier alpha value is -2.42. The van der Waals surface area contributed by atoms with Gasteiger partial charge in [0.15, 0.2) is 5.82 Å². The molecule has 1 N–H and O–H groups in total. The van der Waals surface area contributed by atoms with E-state index >= 15 is 0 Å². The number of furan rings is 1. The molecule has 3 aromatic heterocycles. The number of nitrogens with zero attached hydrogens (tertiary/aromatic N) is 6. The number of tetrazole rings is 1. The standard InChI is InChI=1S/C15H19N7OS/c1-3-4-9-22-14(18-20-21-22)10-24-15-16-13(17-19-15)8-7-12-6-5-11(2)23-12/h5-8H,3-4,9-10H2,1-2H3,(H,16,17,19)/b8-7+. The Morgan fingerprint density at radius 1 is 1.33 bits per heavy atom. The van der Waals surface area contributed by atoms with Crippen LogP contribution in [0, 0.1) is 6.92 Å². The molecule has 9 heteroatoms. The minimum Gasteiger partial charge on any atom is -0.462 e. The maximum Gasteiger partial charge on any atom is 0.209 e. The topological polar surface area (TPSA) is 98.3 Å². The zero-order valence-corrected chi connectivity index (χ0v) is 14.5. The lowest BCUT2D eigenvalue weighted by atomic mass is 10.3. The summed E-state index contributed by atoms with van der Waals surface area (Å²) in [6, 6.07) is 3.83. The number of rotatable bonds is 8. The lowest BCUT2D eigenvalue weighted by Gasteiger charge is -2.01. The van der Waals surface area contributed by atoms with Crippen molar-refractivity contribution in [3.05, 3.63) is 35.3 Å². The molecule has 0 saturated carbocycles. The van der Waals surface area contributed by atoms with Gasteiger partial charge in [0.2, 0.25) is 5.16 Å². The van der Waals surface area contributed by atoms with Gasteiger partial charge in [-0.1, -0.05) is 25.1 Å². The van der Waals surface area contributed by atoms with Crippen LogP contribution in [0.5, 0.6) is 0 Å². The van der Waals surface area contributed by atoms with E-state index < -0.39 is 0 Å². The number of thioether (sulfide) groups is 1. The lowest BCUT2D eigenvalue weighted by molar-refractivity contribution is 0.525. The first-order chi connectivity index (χ1) is 11.7. The minimum absolute atomic E-state index is 0.634. The Labute approximate surface area is 143 Å². The summed E-state index contributed by atoms with van der Waals surface area (Å²) >= 11 is 1.50. The molecule has 3 heterocycles. The third-order valence-corrected chi connectivity index (χ3v) is 4.15. The van der Waals surface area contributed by atoms with Crippen molar-refractivity contribution in [3.63, 3.8) is 0 Å². The highest BCUT2D eigenvalue weighted by molar-refractivity contribution is 7.98. The molecule has 0 aliphatic heterocycles. The van der Waals surface area contributed by atoms with Gasteiger partial charge in [-0.2, -0.15) is 0 Å². The molecule has 3 rings (SSSR count). The van der Waals surface area contributed by atoms with Crippen LogP contribution >= 0.6 is 11.8 Å². The van der Waals surface area contributed by atoms with Crippen LogP contribution in [0.2, 0.25) is 0 Å². The van der Waals surface area contributed by atoms with Crippen LogP contribution in [0.3, 0.4) is 0 Å². The summed E-state index contributed by atoms with van der Waals surface area (Å²) in [5.41, 5.74) is 0. The van der Waals surface area contributed by atoms with E-state index in [9.17, 15) is 0 Å². The molecule has 0 atom stereocenters. The van der Waals surface area contributed by atoms with Crippen molar-refractivity contribution in [1.29, 1.82) is 0 Å². The van der Waals surface area contributed by atoms with Gasteiger partial charge in [0.05, 0.1) is 5.75 Å². The van der Waals surface area contributed by atoms with E-state index in [2.05, 4.69) is 37.6 Å². The number of nitrogens with one attached hydrogen (secondary N) is 1. The highest BCUT2D eigenvalue weighted by Crippen LogP contribution is 2.18. The molecule has 24 heavy (non-hydrogen) atoms. The van der Waals surface area contributed by atoms with Gasteiger partial charge >= 0.3 is 0 Å². The number of unbranched alkanes of at least 4 members (excludes halogenated alkanes) is 1. The second kappa shape index (κ2) is 7.91. The van der Waals surface area contributed by atoms with Gasteiger partial charge in [-0.3, -0.25) is 5.10 Å². The average molecular weight is 345 g/mol. The smallest absolute Gasteiger partial charge is 0.209 e. The monoisotopic (exact) mass is 345 g/mol. The molecule has 0 amide bonds. The molecule has 126 valence electrons. The number of aromatic nitrogens is 7. The van der Waals surface area contributed by atoms with E-state index in [-0.39, 0.29) is 0 Å². The van der Waals surface area contributed by atoms with E-state index in [1.807, 2.05) is 35.9 Å². The number of hydrogen-bond acceptors (Lipinski definition) is 7. The second-order valence-electron chi connectivity index (χ2n) is 5.25. The number of H-pyrrole nitrogens is 1. The maximum atomic E-state index is 5.47. The molecule has 0 radical (unpaired) electrons. The van der Waals surface area contributed by atoms with Crippen molar-refractivity contribution in [3.8, 4) is 0 Å². The fourth-order valence-corrected chi connectivity index (χ4v) is 2.78. The van der Waals surface area contributed by atoms with Gasteiger partial charge in [-0.05, 0) is 48.1 Å². The SMILES string of the molecule is CCCCn1nnnc1CSc1n[nH]c(/C=C/c2ccc(C)o2)n1. The Kier molecular flexibility index (Phi) is 5.42. The van der Waals surface area contributed by atoms with Crippen LogP contribution in [0.15, 0.2) is 21.7 Å². The second-order valence-corrected chi connectivity index (χ2v) is 6.19. The molecule has 0 bridgehead atoms. The Morgan fingerprint density at radius 2 is 2.25 bits per heavy atom. The Bertz CT molecular complexity index is 804.